The van der Waals surface area contributed by atoms with Gasteiger partial charge in [-0.1, -0.05) is 18.2 Å². The number of benzene rings is 1. The van der Waals surface area contributed by atoms with E-state index in [0.29, 0.717) is 18.7 Å². The van der Waals surface area contributed by atoms with E-state index in [-0.39, 0.29) is 17.5 Å². The van der Waals surface area contributed by atoms with Crippen LogP contribution in [0.15, 0.2) is 36.7 Å². The van der Waals surface area contributed by atoms with Crippen LogP contribution < -0.4 is 0 Å². The van der Waals surface area contributed by atoms with Crippen LogP contribution in [0.2, 0.25) is 0 Å². The molecule has 2 aromatic rings. The van der Waals surface area contributed by atoms with E-state index in [0.717, 1.165) is 6.07 Å². The fourth-order valence-corrected chi connectivity index (χ4v) is 2.87. The highest BCUT2D eigenvalue weighted by Gasteiger charge is 2.49. The van der Waals surface area contributed by atoms with E-state index >= 15 is 0 Å². The molecule has 126 valence electrons. The summed E-state index contributed by atoms with van der Waals surface area (Å²) in [5.41, 5.74) is -0.762. The average molecular weight is 336 g/mol. The van der Waals surface area contributed by atoms with Gasteiger partial charge in [0, 0.05) is 24.2 Å². The van der Waals surface area contributed by atoms with Crippen molar-refractivity contribution in [2.45, 2.75) is 30.9 Å². The first-order valence-corrected chi connectivity index (χ1v) is 7.47. The second-order valence-electron chi connectivity index (χ2n) is 5.97. The van der Waals surface area contributed by atoms with Gasteiger partial charge in [-0.2, -0.15) is 13.2 Å². The topological polar surface area (TPSA) is 63.1 Å². The van der Waals surface area contributed by atoms with Crippen molar-refractivity contribution in [2.75, 3.05) is 6.61 Å². The molecule has 0 saturated heterocycles. The van der Waals surface area contributed by atoms with E-state index in [1.165, 1.54) is 24.5 Å². The van der Waals surface area contributed by atoms with E-state index in [9.17, 15) is 18.0 Å². The van der Waals surface area contributed by atoms with Crippen LogP contribution in [0.5, 0.6) is 0 Å². The largest absolute Gasteiger partial charge is 0.416 e. The fourth-order valence-electron chi connectivity index (χ4n) is 2.87. The van der Waals surface area contributed by atoms with Gasteiger partial charge in [-0.3, -0.25) is 4.79 Å². The number of nitrogens with zero attached hydrogens (tertiary/aromatic N) is 2. The number of hydrogen-bond donors (Lipinski definition) is 1. The van der Waals surface area contributed by atoms with Gasteiger partial charge < -0.3 is 5.11 Å². The van der Waals surface area contributed by atoms with Crippen molar-refractivity contribution in [3.05, 3.63) is 59.2 Å². The number of carbonyl (C=O) groups is 1. The zero-order valence-corrected chi connectivity index (χ0v) is 12.7. The van der Waals surface area contributed by atoms with Gasteiger partial charge in [-0.25, -0.2) is 9.97 Å². The lowest BCUT2D eigenvalue weighted by Gasteiger charge is -2.20. The van der Waals surface area contributed by atoms with Crippen LogP contribution in [-0.2, 0) is 18.0 Å². The van der Waals surface area contributed by atoms with E-state index in [1.807, 2.05) is 0 Å². The first kappa shape index (κ1) is 16.6. The predicted molar refractivity (Wildman–Crippen MR) is 79.5 cm³/mol. The standard InChI is InChI=1S/C17H15F3N2O2/c18-17(19,20)13-4-2-1-3-12(13)16(5-6-16)7-15-21-8-11(9-22-15)14(24)10-23/h1-4,8-9,23H,5-7,10H2. The number of ketones is 1. The Balaban J connectivity index is 1.87. The molecule has 4 nitrogen and oxygen atoms in total. The number of aliphatic hydroxyl groups excluding tert-OH is 1. The van der Waals surface area contributed by atoms with Gasteiger partial charge >= 0.3 is 6.18 Å². The van der Waals surface area contributed by atoms with Crippen LogP contribution >= 0.6 is 0 Å². The van der Waals surface area contributed by atoms with Crippen LogP contribution in [0.25, 0.3) is 0 Å². The maximum Gasteiger partial charge on any atom is 0.416 e. The molecule has 1 aromatic heterocycles. The Morgan fingerprint density at radius 2 is 1.79 bits per heavy atom. The molecule has 24 heavy (non-hydrogen) atoms. The molecular formula is C17H15F3N2O2. The van der Waals surface area contributed by atoms with Crippen LogP contribution in [0.1, 0.15) is 40.2 Å². The van der Waals surface area contributed by atoms with Gasteiger partial charge in [0.1, 0.15) is 12.4 Å². The van der Waals surface area contributed by atoms with Gasteiger partial charge in [-0.15, -0.1) is 0 Å². The van der Waals surface area contributed by atoms with Gasteiger partial charge in [-0.05, 0) is 24.5 Å². The molecule has 1 aromatic carbocycles. The molecule has 0 spiro atoms. The normalized spacial score (nSPS) is 16.0. The number of alkyl halides is 3. The Bertz CT molecular complexity index is 753. The Kier molecular flexibility index (Phi) is 4.13. The quantitative estimate of drug-likeness (QED) is 0.853. The average Bonchev–Trinajstić information content (AvgIpc) is 3.35. The minimum atomic E-state index is -4.40. The van der Waals surface area contributed by atoms with Crippen molar-refractivity contribution >= 4 is 5.78 Å². The number of rotatable bonds is 5. The molecule has 1 fully saturated rings. The van der Waals surface area contributed by atoms with E-state index < -0.39 is 29.5 Å². The zero-order valence-electron chi connectivity index (χ0n) is 12.7. The molecule has 0 bridgehead atoms. The zero-order chi connectivity index (χ0) is 17.4. The van der Waals surface area contributed by atoms with Crippen molar-refractivity contribution in [2.24, 2.45) is 0 Å². The van der Waals surface area contributed by atoms with Crippen LogP contribution in [0, 0.1) is 0 Å². The third kappa shape index (κ3) is 3.17. The first-order valence-electron chi connectivity index (χ1n) is 7.47. The molecule has 1 aliphatic rings. The molecular weight excluding hydrogens is 321 g/mol. The number of hydrogen-bond acceptors (Lipinski definition) is 4. The van der Waals surface area contributed by atoms with Gasteiger partial charge in [0.25, 0.3) is 0 Å². The van der Waals surface area contributed by atoms with Crippen molar-refractivity contribution in [1.29, 1.82) is 0 Å². The van der Waals surface area contributed by atoms with E-state index in [2.05, 4.69) is 9.97 Å². The third-order valence-corrected chi connectivity index (χ3v) is 4.32. The number of aliphatic hydroxyl groups is 1. The molecule has 0 amide bonds. The molecule has 1 saturated carbocycles. The highest BCUT2D eigenvalue weighted by molar-refractivity contribution is 5.96. The molecule has 0 radical (unpaired) electrons. The summed E-state index contributed by atoms with van der Waals surface area (Å²) in [4.78, 5) is 19.5. The van der Waals surface area contributed by atoms with Gasteiger partial charge in [0.2, 0.25) is 0 Å². The summed E-state index contributed by atoms with van der Waals surface area (Å²) in [6.07, 6.45) is -0.237. The predicted octanol–water partition coefficient (Wildman–Crippen LogP) is 2.94. The van der Waals surface area contributed by atoms with Crippen LogP contribution in [0.3, 0.4) is 0 Å². The molecule has 0 unspecified atom stereocenters. The van der Waals surface area contributed by atoms with Gasteiger partial charge in [0.15, 0.2) is 5.78 Å². The number of Topliss-reactive ketones (excluding diaryl/α,β-unsaturated/α-hetero) is 1. The number of halogens is 3. The molecule has 7 heteroatoms. The maximum atomic E-state index is 13.2. The second-order valence-corrected chi connectivity index (χ2v) is 5.97. The molecule has 1 N–H and O–H groups in total. The first-order chi connectivity index (χ1) is 11.4. The summed E-state index contributed by atoms with van der Waals surface area (Å²) >= 11 is 0. The summed E-state index contributed by atoms with van der Waals surface area (Å²) in [7, 11) is 0. The molecule has 1 heterocycles. The Labute approximate surface area is 136 Å². The van der Waals surface area contributed by atoms with E-state index in [4.69, 9.17) is 5.11 Å². The molecule has 3 rings (SSSR count). The third-order valence-electron chi connectivity index (χ3n) is 4.32. The highest BCUT2D eigenvalue weighted by Crippen LogP contribution is 2.53. The maximum absolute atomic E-state index is 13.2. The lowest BCUT2D eigenvalue weighted by atomic mass is 9.88. The van der Waals surface area contributed by atoms with Crippen LogP contribution in [-0.4, -0.2) is 27.5 Å². The van der Waals surface area contributed by atoms with Crippen LogP contribution in [0.4, 0.5) is 13.2 Å². The smallest absolute Gasteiger partial charge is 0.388 e. The van der Waals surface area contributed by atoms with E-state index in [1.54, 1.807) is 6.07 Å². The molecule has 0 atom stereocenters. The SMILES string of the molecule is O=C(CO)c1cnc(CC2(c3ccccc3C(F)(F)F)CC2)nc1. The summed E-state index contributed by atoms with van der Waals surface area (Å²) in [5, 5.41) is 8.80. The van der Waals surface area contributed by atoms with Crippen molar-refractivity contribution in [1.82, 2.24) is 9.97 Å². The summed E-state index contributed by atoms with van der Waals surface area (Å²) in [5.74, 6) is -0.107. The lowest BCUT2D eigenvalue weighted by molar-refractivity contribution is -0.138. The highest BCUT2D eigenvalue weighted by atomic mass is 19.4. The molecule has 0 aliphatic heterocycles. The minimum absolute atomic E-state index is 0.182. The second kappa shape index (κ2) is 5.98. The molecule has 1 aliphatic carbocycles. The summed E-state index contributed by atoms with van der Waals surface area (Å²) in [6, 6.07) is 5.60. The summed E-state index contributed by atoms with van der Waals surface area (Å²) in [6.45, 7) is -0.633. The van der Waals surface area contributed by atoms with Crippen molar-refractivity contribution in [3.63, 3.8) is 0 Å². The summed E-state index contributed by atoms with van der Waals surface area (Å²) < 4.78 is 39.7. The van der Waals surface area contributed by atoms with Crippen molar-refractivity contribution in [3.8, 4) is 0 Å². The number of carbonyl (C=O) groups excluding carboxylic acids is 1. The Morgan fingerprint density at radius 3 is 2.33 bits per heavy atom. The van der Waals surface area contributed by atoms with Crippen molar-refractivity contribution < 1.29 is 23.1 Å². The fraction of sp³-hybridized carbons (Fsp3) is 0.353. The number of aromatic nitrogens is 2. The lowest BCUT2D eigenvalue weighted by Crippen LogP contribution is -2.19. The Hall–Kier alpha value is -2.28. The monoisotopic (exact) mass is 336 g/mol. The Morgan fingerprint density at radius 1 is 1.17 bits per heavy atom. The minimum Gasteiger partial charge on any atom is -0.388 e. The van der Waals surface area contributed by atoms with Gasteiger partial charge in [0.05, 0.1) is 11.1 Å².